The summed E-state index contributed by atoms with van der Waals surface area (Å²) < 4.78 is 24.9. The van der Waals surface area contributed by atoms with Crippen molar-refractivity contribution in [2.75, 3.05) is 45.2 Å². The summed E-state index contributed by atoms with van der Waals surface area (Å²) in [6.07, 6.45) is 1.79. The molecular weight excluding hydrogens is 397 g/mol. The first-order chi connectivity index (χ1) is 14.9. The Bertz CT molecular complexity index is 1070. The van der Waals surface area contributed by atoms with Gasteiger partial charge >= 0.3 is 0 Å². The molecule has 6 nitrogen and oxygen atoms in total. The molecule has 4 rings (SSSR count). The van der Waals surface area contributed by atoms with Crippen LogP contribution in [0.15, 0.2) is 47.1 Å². The molecule has 2 heterocycles. The predicted octanol–water partition coefficient (Wildman–Crippen LogP) is 3.75. The van der Waals surface area contributed by atoms with Gasteiger partial charge in [0.1, 0.15) is 17.1 Å². The number of carbonyl (C=O) groups is 1. The summed E-state index contributed by atoms with van der Waals surface area (Å²) in [4.78, 5) is 17.3. The molecule has 1 unspecified atom stereocenters. The Morgan fingerprint density at radius 2 is 1.97 bits per heavy atom. The molecule has 7 heteroatoms. The molecule has 0 saturated carbocycles. The highest BCUT2D eigenvalue weighted by atomic mass is 19.1. The highest BCUT2D eigenvalue weighted by molar-refractivity contribution is 5.88. The van der Waals surface area contributed by atoms with Crippen molar-refractivity contribution in [1.29, 1.82) is 0 Å². The van der Waals surface area contributed by atoms with Crippen LogP contribution in [0.3, 0.4) is 0 Å². The Labute approximate surface area is 181 Å². The minimum absolute atomic E-state index is 0.139. The smallest absolute Gasteiger partial charge is 0.225 e. The van der Waals surface area contributed by atoms with Crippen LogP contribution < -0.4 is 15.0 Å². The van der Waals surface area contributed by atoms with Crippen molar-refractivity contribution < 1.29 is 18.3 Å². The quantitative estimate of drug-likeness (QED) is 0.652. The average molecular weight is 426 g/mol. The number of anilines is 1. The summed E-state index contributed by atoms with van der Waals surface area (Å²) in [6.45, 7) is 5.55. The second-order valence-electron chi connectivity index (χ2n) is 8.08. The van der Waals surface area contributed by atoms with E-state index in [0.29, 0.717) is 11.3 Å². The third kappa shape index (κ3) is 4.66. The molecule has 1 fully saturated rings. The molecule has 1 aliphatic heterocycles. The molecule has 1 aromatic heterocycles. The molecule has 3 aromatic rings. The molecule has 2 aromatic carbocycles. The number of ether oxygens (including phenoxy) is 1. The predicted molar refractivity (Wildman–Crippen MR) is 119 cm³/mol. The van der Waals surface area contributed by atoms with E-state index in [0.717, 1.165) is 48.4 Å². The summed E-state index contributed by atoms with van der Waals surface area (Å²) in [5.74, 6) is 0.261. The number of fused-ring (bicyclic) bond motifs is 1. The van der Waals surface area contributed by atoms with Crippen molar-refractivity contribution in [3.05, 3.63) is 59.6 Å². The van der Waals surface area contributed by atoms with Crippen molar-refractivity contribution in [1.82, 2.24) is 10.2 Å². The molecule has 0 spiro atoms. The standard InChI is InChI=1S/C24H28FN3O3/c1-16(21-13-18(25)4-7-22(21)28-10-8-27(2)9-11-28)26-24(29)12-17-15-31-23-14-19(30-3)5-6-20(17)23/h4-7,13-16H,8-12H2,1-3H3,(H,26,29). The Morgan fingerprint density at radius 1 is 1.19 bits per heavy atom. The number of halogens is 1. The fourth-order valence-corrected chi connectivity index (χ4v) is 4.08. The molecule has 1 amide bonds. The van der Waals surface area contributed by atoms with E-state index in [9.17, 15) is 9.18 Å². The molecule has 1 saturated heterocycles. The van der Waals surface area contributed by atoms with E-state index in [4.69, 9.17) is 9.15 Å². The number of hydrogen-bond donors (Lipinski definition) is 1. The molecule has 0 aliphatic carbocycles. The van der Waals surface area contributed by atoms with Crippen LogP contribution in [-0.2, 0) is 11.2 Å². The summed E-state index contributed by atoms with van der Waals surface area (Å²) >= 11 is 0. The van der Waals surface area contributed by atoms with Gasteiger partial charge in [0.25, 0.3) is 0 Å². The zero-order valence-corrected chi connectivity index (χ0v) is 18.2. The SMILES string of the molecule is COc1ccc2c(CC(=O)NC(C)c3cc(F)ccc3N3CCN(C)CC3)coc2c1. The fourth-order valence-electron chi connectivity index (χ4n) is 4.08. The van der Waals surface area contributed by atoms with Gasteiger partial charge in [0.05, 0.1) is 25.8 Å². The number of likely N-dealkylation sites (N-methyl/N-ethyl adjacent to an activating group) is 1. The number of rotatable bonds is 6. The topological polar surface area (TPSA) is 58.0 Å². The van der Waals surface area contributed by atoms with Crippen molar-refractivity contribution in [2.45, 2.75) is 19.4 Å². The summed E-state index contributed by atoms with van der Waals surface area (Å²) in [5, 5.41) is 3.91. The molecule has 1 atom stereocenters. The summed E-state index contributed by atoms with van der Waals surface area (Å²) in [6, 6.07) is 10.0. The third-order valence-electron chi connectivity index (χ3n) is 5.89. The lowest BCUT2D eigenvalue weighted by Gasteiger charge is -2.36. The van der Waals surface area contributed by atoms with Gasteiger partial charge in [-0.1, -0.05) is 0 Å². The zero-order valence-electron chi connectivity index (χ0n) is 18.2. The summed E-state index contributed by atoms with van der Waals surface area (Å²) in [5.41, 5.74) is 3.25. The van der Waals surface area contributed by atoms with E-state index in [1.54, 1.807) is 19.4 Å². The van der Waals surface area contributed by atoms with Gasteiger partial charge < -0.3 is 24.3 Å². The number of carbonyl (C=O) groups excluding carboxylic acids is 1. The van der Waals surface area contributed by atoms with Gasteiger partial charge in [-0.3, -0.25) is 4.79 Å². The van der Waals surface area contributed by atoms with Gasteiger partial charge in [0.15, 0.2) is 0 Å². The maximum atomic E-state index is 14.1. The number of piperazine rings is 1. The van der Waals surface area contributed by atoms with E-state index >= 15 is 0 Å². The number of nitrogens with one attached hydrogen (secondary N) is 1. The highest BCUT2D eigenvalue weighted by Crippen LogP contribution is 2.29. The second kappa shape index (κ2) is 8.98. The van der Waals surface area contributed by atoms with Crippen LogP contribution in [0.1, 0.15) is 24.1 Å². The molecule has 1 aliphatic rings. The van der Waals surface area contributed by atoms with E-state index in [1.807, 2.05) is 25.1 Å². The monoisotopic (exact) mass is 425 g/mol. The Kier molecular flexibility index (Phi) is 6.13. The van der Waals surface area contributed by atoms with Gasteiger partial charge in [-0.15, -0.1) is 0 Å². The van der Waals surface area contributed by atoms with Crippen LogP contribution in [0.5, 0.6) is 5.75 Å². The van der Waals surface area contributed by atoms with Crippen LogP contribution in [0, 0.1) is 5.82 Å². The number of methoxy groups -OCH3 is 1. The normalized spacial score (nSPS) is 15.8. The van der Waals surface area contributed by atoms with Crippen molar-refractivity contribution in [3.8, 4) is 5.75 Å². The largest absolute Gasteiger partial charge is 0.497 e. The number of amides is 1. The Balaban J connectivity index is 1.48. The third-order valence-corrected chi connectivity index (χ3v) is 5.89. The highest BCUT2D eigenvalue weighted by Gasteiger charge is 2.21. The number of nitrogens with zero attached hydrogens (tertiary/aromatic N) is 2. The first kappa shape index (κ1) is 21.2. The van der Waals surface area contributed by atoms with Gasteiger partial charge in [-0.05, 0) is 44.3 Å². The lowest BCUT2D eigenvalue weighted by molar-refractivity contribution is -0.121. The summed E-state index contributed by atoms with van der Waals surface area (Å²) in [7, 11) is 3.70. The lowest BCUT2D eigenvalue weighted by atomic mass is 10.0. The minimum Gasteiger partial charge on any atom is -0.497 e. The second-order valence-corrected chi connectivity index (χ2v) is 8.08. The lowest BCUT2D eigenvalue weighted by Crippen LogP contribution is -2.45. The first-order valence-electron chi connectivity index (χ1n) is 10.5. The van der Waals surface area contributed by atoms with Gasteiger partial charge in [0, 0.05) is 54.4 Å². The molecule has 0 bridgehead atoms. The number of benzene rings is 2. The van der Waals surface area contributed by atoms with Gasteiger partial charge in [0.2, 0.25) is 5.91 Å². The maximum absolute atomic E-state index is 14.1. The first-order valence-corrected chi connectivity index (χ1v) is 10.5. The fraction of sp³-hybridized carbons (Fsp3) is 0.375. The maximum Gasteiger partial charge on any atom is 0.225 e. The molecule has 31 heavy (non-hydrogen) atoms. The van der Waals surface area contributed by atoms with Crippen LogP contribution >= 0.6 is 0 Å². The van der Waals surface area contributed by atoms with Crippen molar-refractivity contribution in [2.24, 2.45) is 0 Å². The zero-order chi connectivity index (χ0) is 22.0. The Hall–Kier alpha value is -3.06. The number of furan rings is 1. The minimum atomic E-state index is -0.323. The average Bonchev–Trinajstić information content (AvgIpc) is 3.16. The molecule has 1 N–H and O–H groups in total. The van der Waals surface area contributed by atoms with E-state index in [2.05, 4.69) is 22.2 Å². The molecule has 0 radical (unpaired) electrons. The van der Waals surface area contributed by atoms with Crippen molar-refractivity contribution >= 4 is 22.6 Å². The van der Waals surface area contributed by atoms with E-state index in [-0.39, 0.29) is 24.2 Å². The molecular formula is C24H28FN3O3. The van der Waals surface area contributed by atoms with Crippen LogP contribution in [0.25, 0.3) is 11.0 Å². The van der Waals surface area contributed by atoms with Crippen LogP contribution in [0.4, 0.5) is 10.1 Å². The van der Waals surface area contributed by atoms with Gasteiger partial charge in [-0.2, -0.15) is 0 Å². The van der Waals surface area contributed by atoms with E-state index < -0.39 is 0 Å². The molecule has 164 valence electrons. The van der Waals surface area contributed by atoms with E-state index in [1.165, 1.54) is 12.1 Å². The van der Waals surface area contributed by atoms with Crippen molar-refractivity contribution in [3.63, 3.8) is 0 Å². The van der Waals surface area contributed by atoms with Crippen LogP contribution in [0.2, 0.25) is 0 Å². The number of hydrogen-bond acceptors (Lipinski definition) is 5. The Morgan fingerprint density at radius 3 is 2.71 bits per heavy atom. The van der Waals surface area contributed by atoms with Crippen LogP contribution in [-0.4, -0.2) is 51.1 Å². The van der Waals surface area contributed by atoms with Gasteiger partial charge in [-0.25, -0.2) is 4.39 Å².